The molecule has 1 aliphatic rings. The second-order valence-electron chi connectivity index (χ2n) is 9.23. The fourth-order valence-corrected chi connectivity index (χ4v) is 4.80. The van der Waals surface area contributed by atoms with Crippen LogP contribution in [0.1, 0.15) is 46.2 Å². The minimum absolute atomic E-state index is 0.175. The van der Waals surface area contributed by atoms with Gasteiger partial charge in [-0.1, -0.05) is 23.7 Å². The van der Waals surface area contributed by atoms with Gasteiger partial charge in [0.2, 0.25) is 5.75 Å². The lowest BCUT2D eigenvalue weighted by molar-refractivity contribution is -0.0408. The van der Waals surface area contributed by atoms with Crippen LogP contribution in [0.15, 0.2) is 52.4 Å². The molecule has 13 heteroatoms. The zero-order valence-electron chi connectivity index (χ0n) is 20.5. The molecule has 0 aliphatic carbocycles. The number of nitrogens with zero attached hydrogens (tertiary/aromatic N) is 5. The minimum atomic E-state index is -0.826. The average molecular weight is 543 g/mol. The molecule has 0 radical (unpaired) electrons. The molecular weight excluding hydrogens is 519 g/mol. The summed E-state index contributed by atoms with van der Waals surface area (Å²) in [5.74, 6) is -2.81. The molecule has 198 valence electrons. The second kappa shape index (κ2) is 10.4. The summed E-state index contributed by atoms with van der Waals surface area (Å²) in [6.07, 6.45) is 5.96. The lowest BCUT2D eigenvalue weighted by Gasteiger charge is -2.27. The number of rotatable bonds is 8. The Morgan fingerprint density at radius 2 is 2.13 bits per heavy atom. The SMILES string of the molecule is CC(c1nc(C(=O)Nc2cnoc2)c(O)c(=O)n1C)C(c1cnn(CC2COC2)c1)c1cc(F)ccc1Cl. The number of aromatic nitrogens is 5. The Balaban J connectivity index is 1.58. The van der Waals surface area contributed by atoms with E-state index in [2.05, 4.69) is 20.6 Å². The number of anilines is 1. The van der Waals surface area contributed by atoms with E-state index in [0.29, 0.717) is 41.8 Å². The van der Waals surface area contributed by atoms with E-state index < -0.39 is 40.6 Å². The van der Waals surface area contributed by atoms with E-state index in [1.807, 2.05) is 6.20 Å². The molecule has 2 unspecified atom stereocenters. The van der Waals surface area contributed by atoms with Crippen LogP contribution in [0.5, 0.6) is 5.75 Å². The summed E-state index contributed by atoms with van der Waals surface area (Å²) in [6, 6.07) is 4.05. The average Bonchev–Trinajstić information content (AvgIpc) is 3.54. The van der Waals surface area contributed by atoms with Crippen LogP contribution in [-0.4, -0.2) is 48.7 Å². The fraction of sp³-hybridized carbons (Fsp3) is 0.320. The number of benzene rings is 1. The van der Waals surface area contributed by atoms with Crippen molar-refractivity contribution in [2.45, 2.75) is 25.3 Å². The number of amides is 1. The van der Waals surface area contributed by atoms with Crippen LogP contribution in [0.25, 0.3) is 0 Å². The highest BCUT2D eigenvalue weighted by molar-refractivity contribution is 6.31. The van der Waals surface area contributed by atoms with Crippen molar-refractivity contribution in [3.8, 4) is 5.75 Å². The molecule has 38 heavy (non-hydrogen) atoms. The summed E-state index contributed by atoms with van der Waals surface area (Å²) in [7, 11) is 1.44. The van der Waals surface area contributed by atoms with E-state index in [9.17, 15) is 19.1 Å². The molecule has 1 fully saturated rings. The number of aromatic hydroxyl groups is 1. The Kier molecular flexibility index (Phi) is 7.00. The first-order valence-electron chi connectivity index (χ1n) is 11.8. The Labute approximate surface area is 220 Å². The number of hydrogen-bond acceptors (Lipinski definition) is 8. The smallest absolute Gasteiger partial charge is 0.296 e. The van der Waals surface area contributed by atoms with Gasteiger partial charge >= 0.3 is 0 Å². The van der Waals surface area contributed by atoms with Crippen molar-refractivity contribution in [1.82, 2.24) is 24.5 Å². The van der Waals surface area contributed by atoms with Crippen LogP contribution in [0.2, 0.25) is 5.02 Å². The van der Waals surface area contributed by atoms with E-state index in [4.69, 9.17) is 20.9 Å². The molecule has 0 spiro atoms. The summed E-state index contributed by atoms with van der Waals surface area (Å²) in [6.45, 7) is 3.75. The molecule has 1 saturated heterocycles. The zero-order chi connectivity index (χ0) is 27.0. The maximum absolute atomic E-state index is 14.4. The number of carbonyl (C=O) groups excluding carboxylic acids is 1. The lowest BCUT2D eigenvalue weighted by Crippen LogP contribution is -2.31. The van der Waals surface area contributed by atoms with Gasteiger partial charge in [0.1, 0.15) is 23.6 Å². The molecule has 3 aromatic heterocycles. The van der Waals surface area contributed by atoms with Crippen molar-refractivity contribution in [1.29, 1.82) is 0 Å². The summed E-state index contributed by atoms with van der Waals surface area (Å²) in [4.78, 5) is 30.2. The van der Waals surface area contributed by atoms with Gasteiger partial charge < -0.3 is 19.7 Å². The predicted molar refractivity (Wildman–Crippen MR) is 134 cm³/mol. The molecule has 2 N–H and O–H groups in total. The van der Waals surface area contributed by atoms with Crippen molar-refractivity contribution < 1.29 is 23.6 Å². The van der Waals surface area contributed by atoms with Crippen molar-refractivity contribution in [2.24, 2.45) is 13.0 Å². The van der Waals surface area contributed by atoms with Crippen LogP contribution in [-0.2, 0) is 18.3 Å². The van der Waals surface area contributed by atoms with E-state index >= 15 is 0 Å². The Hall–Kier alpha value is -4.03. The van der Waals surface area contributed by atoms with Gasteiger partial charge in [0.15, 0.2) is 5.69 Å². The summed E-state index contributed by atoms with van der Waals surface area (Å²) in [5, 5.41) is 21.2. The number of ether oxygens (including phenoxy) is 1. The van der Waals surface area contributed by atoms with Gasteiger partial charge in [0.25, 0.3) is 11.5 Å². The third-order valence-electron chi connectivity index (χ3n) is 6.57. The quantitative estimate of drug-likeness (QED) is 0.346. The Morgan fingerprint density at radius 3 is 2.82 bits per heavy atom. The maximum Gasteiger partial charge on any atom is 0.296 e. The molecule has 4 heterocycles. The zero-order valence-corrected chi connectivity index (χ0v) is 21.2. The molecule has 1 amide bonds. The number of nitrogens with one attached hydrogen (secondary N) is 1. The summed E-state index contributed by atoms with van der Waals surface area (Å²) in [5.41, 5.74) is 0.106. The first-order valence-corrected chi connectivity index (χ1v) is 12.2. The molecule has 11 nitrogen and oxygen atoms in total. The van der Waals surface area contributed by atoms with Crippen molar-refractivity contribution in [3.05, 3.63) is 86.9 Å². The van der Waals surface area contributed by atoms with Gasteiger partial charge in [-0.3, -0.25) is 18.8 Å². The summed E-state index contributed by atoms with van der Waals surface area (Å²) < 4.78 is 27.3. The van der Waals surface area contributed by atoms with Gasteiger partial charge in [-0.15, -0.1) is 0 Å². The number of halogens is 2. The largest absolute Gasteiger partial charge is 0.501 e. The van der Waals surface area contributed by atoms with E-state index in [1.54, 1.807) is 17.8 Å². The molecule has 1 aliphatic heterocycles. The lowest BCUT2D eigenvalue weighted by atomic mass is 9.82. The van der Waals surface area contributed by atoms with E-state index in [-0.39, 0.29) is 11.5 Å². The van der Waals surface area contributed by atoms with E-state index in [1.165, 1.54) is 37.7 Å². The first kappa shape index (κ1) is 25.6. The molecule has 1 aromatic carbocycles. The highest BCUT2D eigenvalue weighted by atomic mass is 35.5. The predicted octanol–water partition coefficient (Wildman–Crippen LogP) is 3.30. The van der Waals surface area contributed by atoms with Crippen LogP contribution in [0.4, 0.5) is 10.1 Å². The Morgan fingerprint density at radius 1 is 1.34 bits per heavy atom. The molecule has 0 bridgehead atoms. The Bertz CT molecular complexity index is 1530. The minimum Gasteiger partial charge on any atom is -0.501 e. The normalized spacial score (nSPS) is 15.2. The topological polar surface area (TPSA) is 137 Å². The van der Waals surface area contributed by atoms with Gasteiger partial charge in [0.05, 0.1) is 25.6 Å². The summed E-state index contributed by atoms with van der Waals surface area (Å²) >= 11 is 6.53. The molecular formula is C25H24ClFN6O5. The van der Waals surface area contributed by atoms with E-state index in [0.717, 1.165) is 4.57 Å². The number of carbonyl (C=O) groups is 1. The fourth-order valence-electron chi connectivity index (χ4n) is 4.56. The standard InChI is InChI=1S/C25H24ClFN6O5/c1-13(23-31-21(22(34)25(36)32(23)2)24(35)30-17-7-29-38-12-17)20(18-5-16(27)3-4-19(18)26)15-6-28-33(9-15)8-14-10-37-11-14/h3-7,9,12-14,20,34H,8,10-11H2,1-2H3,(H,30,35). The molecule has 0 saturated carbocycles. The molecule has 5 rings (SSSR count). The van der Waals surface area contributed by atoms with Crippen molar-refractivity contribution >= 4 is 23.2 Å². The van der Waals surface area contributed by atoms with Gasteiger partial charge in [-0.05, 0) is 29.3 Å². The van der Waals surface area contributed by atoms with Crippen molar-refractivity contribution in [3.63, 3.8) is 0 Å². The van der Waals surface area contributed by atoms with Gasteiger partial charge in [0, 0.05) is 42.6 Å². The second-order valence-corrected chi connectivity index (χ2v) is 9.64. The molecule has 2 atom stereocenters. The van der Waals surface area contributed by atoms with Gasteiger partial charge in [-0.25, -0.2) is 9.37 Å². The molecule has 4 aromatic rings. The van der Waals surface area contributed by atoms with Crippen LogP contribution < -0.4 is 10.9 Å². The highest BCUT2D eigenvalue weighted by Gasteiger charge is 2.32. The van der Waals surface area contributed by atoms with Crippen LogP contribution >= 0.6 is 11.6 Å². The highest BCUT2D eigenvalue weighted by Crippen LogP contribution is 2.41. The first-order chi connectivity index (χ1) is 18.2. The monoisotopic (exact) mass is 542 g/mol. The third kappa shape index (κ3) is 4.92. The van der Waals surface area contributed by atoms with Crippen molar-refractivity contribution in [2.75, 3.05) is 18.5 Å². The van der Waals surface area contributed by atoms with Crippen LogP contribution in [0, 0.1) is 11.7 Å². The number of hydrogen-bond donors (Lipinski definition) is 2. The maximum atomic E-state index is 14.4. The third-order valence-corrected chi connectivity index (χ3v) is 6.92. The van der Waals surface area contributed by atoms with Gasteiger partial charge in [-0.2, -0.15) is 5.10 Å². The van der Waals surface area contributed by atoms with Crippen LogP contribution in [0.3, 0.4) is 0 Å².